The van der Waals surface area contributed by atoms with Gasteiger partial charge in [-0.1, -0.05) is 35.8 Å². The SMILES string of the molecule is CCc1onc(C)c1C(=O)N(C)Cc1ccc(Cl)cc1. The molecule has 1 aromatic carbocycles. The zero-order valence-electron chi connectivity index (χ0n) is 11.8. The summed E-state index contributed by atoms with van der Waals surface area (Å²) in [5.41, 5.74) is 2.23. The third kappa shape index (κ3) is 3.02. The van der Waals surface area contributed by atoms with Crippen LogP contribution < -0.4 is 0 Å². The van der Waals surface area contributed by atoms with Crippen molar-refractivity contribution in [2.24, 2.45) is 0 Å². The Kier molecular flexibility index (Phi) is 4.45. The van der Waals surface area contributed by atoms with Crippen LogP contribution >= 0.6 is 11.6 Å². The van der Waals surface area contributed by atoms with E-state index in [4.69, 9.17) is 16.1 Å². The van der Waals surface area contributed by atoms with E-state index >= 15 is 0 Å². The third-order valence-corrected chi connectivity index (χ3v) is 3.40. The van der Waals surface area contributed by atoms with Crippen molar-refractivity contribution in [3.63, 3.8) is 0 Å². The maximum atomic E-state index is 12.5. The maximum absolute atomic E-state index is 12.5. The molecule has 0 radical (unpaired) electrons. The summed E-state index contributed by atoms with van der Waals surface area (Å²) in [6.45, 7) is 4.24. The number of hydrogen-bond donors (Lipinski definition) is 0. The number of carbonyl (C=O) groups is 1. The smallest absolute Gasteiger partial charge is 0.259 e. The molecule has 0 aliphatic heterocycles. The quantitative estimate of drug-likeness (QED) is 0.867. The van der Waals surface area contributed by atoms with Gasteiger partial charge in [-0.05, 0) is 24.6 Å². The van der Waals surface area contributed by atoms with Gasteiger partial charge in [-0.2, -0.15) is 0 Å². The van der Waals surface area contributed by atoms with Crippen molar-refractivity contribution in [2.45, 2.75) is 26.8 Å². The van der Waals surface area contributed by atoms with Crippen LogP contribution in [0.15, 0.2) is 28.8 Å². The van der Waals surface area contributed by atoms with Crippen molar-refractivity contribution >= 4 is 17.5 Å². The Bertz CT molecular complexity index is 605. The van der Waals surface area contributed by atoms with Crippen molar-refractivity contribution in [3.05, 3.63) is 51.9 Å². The second-order valence-electron chi connectivity index (χ2n) is 4.71. The first-order chi connectivity index (χ1) is 9.52. The predicted molar refractivity (Wildman–Crippen MR) is 77.9 cm³/mol. The highest BCUT2D eigenvalue weighted by atomic mass is 35.5. The molecule has 0 bridgehead atoms. The Morgan fingerprint density at radius 2 is 2.00 bits per heavy atom. The van der Waals surface area contributed by atoms with E-state index in [-0.39, 0.29) is 5.91 Å². The van der Waals surface area contributed by atoms with E-state index in [2.05, 4.69) is 5.16 Å². The minimum atomic E-state index is -0.0736. The van der Waals surface area contributed by atoms with Gasteiger partial charge in [0.25, 0.3) is 5.91 Å². The number of benzene rings is 1. The molecule has 0 atom stereocenters. The summed E-state index contributed by atoms with van der Waals surface area (Å²) in [5, 5.41) is 4.56. The van der Waals surface area contributed by atoms with Gasteiger partial charge in [-0.15, -0.1) is 0 Å². The molecule has 1 amide bonds. The van der Waals surface area contributed by atoms with Gasteiger partial charge in [0.2, 0.25) is 0 Å². The first-order valence-electron chi connectivity index (χ1n) is 6.48. The van der Waals surface area contributed by atoms with Gasteiger partial charge in [-0.3, -0.25) is 4.79 Å². The average molecular weight is 293 g/mol. The lowest BCUT2D eigenvalue weighted by Gasteiger charge is -2.17. The van der Waals surface area contributed by atoms with Crippen molar-refractivity contribution in [1.29, 1.82) is 0 Å². The van der Waals surface area contributed by atoms with E-state index in [1.807, 2.05) is 31.2 Å². The van der Waals surface area contributed by atoms with Gasteiger partial charge in [0.05, 0.1) is 5.69 Å². The highest BCUT2D eigenvalue weighted by Gasteiger charge is 2.22. The Morgan fingerprint density at radius 3 is 2.60 bits per heavy atom. The Morgan fingerprint density at radius 1 is 1.35 bits per heavy atom. The summed E-state index contributed by atoms with van der Waals surface area (Å²) >= 11 is 5.85. The highest BCUT2D eigenvalue weighted by molar-refractivity contribution is 6.30. The number of aromatic nitrogens is 1. The number of carbonyl (C=O) groups excluding carboxylic acids is 1. The van der Waals surface area contributed by atoms with Gasteiger partial charge in [0.15, 0.2) is 0 Å². The van der Waals surface area contributed by atoms with Gasteiger partial charge in [-0.25, -0.2) is 0 Å². The van der Waals surface area contributed by atoms with E-state index < -0.39 is 0 Å². The second-order valence-corrected chi connectivity index (χ2v) is 5.14. The van der Waals surface area contributed by atoms with E-state index in [0.29, 0.717) is 35.0 Å². The molecule has 20 heavy (non-hydrogen) atoms. The van der Waals surface area contributed by atoms with Gasteiger partial charge < -0.3 is 9.42 Å². The third-order valence-electron chi connectivity index (χ3n) is 3.15. The van der Waals surface area contributed by atoms with Crippen LogP contribution in [0.2, 0.25) is 5.02 Å². The molecule has 2 aromatic rings. The topological polar surface area (TPSA) is 46.3 Å². The fraction of sp³-hybridized carbons (Fsp3) is 0.333. The van der Waals surface area contributed by atoms with E-state index in [9.17, 15) is 4.79 Å². The van der Waals surface area contributed by atoms with Gasteiger partial charge in [0.1, 0.15) is 11.3 Å². The van der Waals surface area contributed by atoms with Crippen LogP contribution in [0.5, 0.6) is 0 Å². The Labute approximate surface area is 123 Å². The molecule has 0 aliphatic carbocycles. The van der Waals surface area contributed by atoms with Crippen LogP contribution in [0.25, 0.3) is 0 Å². The van der Waals surface area contributed by atoms with E-state index in [0.717, 1.165) is 5.56 Å². The van der Waals surface area contributed by atoms with Crippen molar-refractivity contribution < 1.29 is 9.32 Å². The molecule has 0 spiro atoms. The molecular formula is C15H17ClN2O2. The first-order valence-corrected chi connectivity index (χ1v) is 6.85. The molecule has 106 valence electrons. The minimum Gasteiger partial charge on any atom is -0.360 e. The van der Waals surface area contributed by atoms with Crippen LogP contribution in [0.4, 0.5) is 0 Å². The van der Waals surface area contributed by atoms with Crippen molar-refractivity contribution in [1.82, 2.24) is 10.1 Å². The Hall–Kier alpha value is -1.81. The molecular weight excluding hydrogens is 276 g/mol. The molecule has 2 rings (SSSR count). The number of aryl methyl sites for hydroxylation is 2. The fourth-order valence-electron chi connectivity index (χ4n) is 2.06. The number of halogens is 1. The number of amides is 1. The lowest BCUT2D eigenvalue weighted by molar-refractivity contribution is 0.0782. The summed E-state index contributed by atoms with van der Waals surface area (Å²) in [7, 11) is 1.77. The zero-order chi connectivity index (χ0) is 14.7. The lowest BCUT2D eigenvalue weighted by Crippen LogP contribution is -2.27. The predicted octanol–water partition coefficient (Wildman–Crippen LogP) is 3.47. The minimum absolute atomic E-state index is 0.0736. The molecule has 0 N–H and O–H groups in total. The summed E-state index contributed by atoms with van der Waals surface area (Å²) < 4.78 is 5.17. The van der Waals surface area contributed by atoms with Crippen LogP contribution in [0.1, 0.15) is 34.3 Å². The molecule has 0 saturated carbocycles. The number of nitrogens with zero attached hydrogens (tertiary/aromatic N) is 2. The summed E-state index contributed by atoms with van der Waals surface area (Å²) in [4.78, 5) is 14.1. The first kappa shape index (κ1) is 14.6. The average Bonchev–Trinajstić information content (AvgIpc) is 2.81. The summed E-state index contributed by atoms with van der Waals surface area (Å²) in [6, 6.07) is 7.45. The maximum Gasteiger partial charge on any atom is 0.259 e. The number of rotatable bonds is 4. The monoisotopic (exact) mass is 292 g/mol. The largest absolute Gasteiger partial charge is 0.360 e. The van der Waals surface area contributed by atoms with Crippen LogP contribution in [0.3, 0.4) is 0 Å². The van der Waals surface area contributed by atoms with Crippen molar-refractivity contribution in [3.8, 4) is 0 Å². The van der Waals surface area contributed by atoms with Crippen LogP contribution in [-0.4, -0.2) is 23.0 Å². The second kappa shape index (κ2) is 6.09. The standard InChI is InChI=1S/C15H17ClN2O2/c1-4-13-14(10(2)17-20-13)15(19)18(3)9-11-5-7-12(16)8-6-11/h5-8H,4,9H2,1-3H3. The molecule has 0 aliphatic rings. The normalized spacial score (nSPS) is 10.6. The van der Waals surface area contributed by atoms with E-state index in [1.165, 1.54) is 0 Å². The molecule has 1 aromatic heterocycles. The molecule has 0 saturated heterocycles. The van der Waals surface area contributed by atoms with E-state index in [1.54, 1.807) is 18.9 Å². The fourth-order valence-corrected chi connectivity index (χ4v) is 2.18. The lowest BCUT2D eigenvalue weighted by atomic mass is 10.1. The zero-order valence-corrected chi connectivity index (χ0v) is 12.6. The molecule has 1 heterocycles. The molecule has 0 unspecified atom stereocenters. The van der Waals surface area contributed by atoms with Gasteiger partial charge in [0, 0.05) is 25.0 Å². The highest BCUT2D eigenvalue weighted by Crippen LogP contribution is 2.18. The molecule has 4 nitrogen and oxygen atoms in total. The van der Waals surface area contributed by atoms with Gasteiger partial charge >= 0.3 is 0 Å². The molecule has 5 heteroatoms. The van der Waals surface area contributed by atoms with Crippen LogP contribution in [-0.2, 0) is 13.0 Å². The van der Waals surface area contributed by atoms with Crippen molar-refractivity contribution in [2.75, 3.05) is 7.05 Å². The van der Waals surface area contributed by atoms with Crippen LogP contribution in [0, 0.1) is 6.92 Å². The molecule has 0 fully saturated rings. The summed E-state index contributed by atoms with van der Waals surface area (Å²) in [5.74, 6) is 0.561. The Balaban J connectivity index is 2.16. The number of hydrogen-bond acceptors (Lipinski definition) is 3. The summed E-state index contributed by atoms with van der Waals surface area (Å²) in [6.07, 6.45) is 0.650.